The molecule has 0 saturated carbocycles. The second-order valence-corrected chi connectivity index (χ2v) is 12.9. The number of phenolic OH excluding ortho intramolecular Hbond substituents is 1. The Balaban J connectivity index is 0.865. The number of hydrogen-bond donors (Lipinski definition) is 2. The largest absolute Gasteiger partial charge is 0.508 e. The summed E-state index contributed by atoms with van der Waals surface area (Å²) in [6, 6.07) is 29.4. The Morgan fingerprint density at radius 1 is 0.685 bits per heavy atom. The van der Waals surface area contributed by atoms with Crippen molar-refractivity contribution >= 4 is 34.8 Å². The molecule has 1 atom stereocenters. The fraction of sp³-hybridized carbons (Fsp3) is 0.302. The molecule has 54 heavy (non-hydrogen) atoms. The van der Waals surface area contributed by atoms with Crippen LogP contribution in [0.2, 0.25) is 0 Å². The van der Waals surface area contributed by atoms with Crippen LogP contribution in [0.3, 0.4) is 0 Å². The van der Waals surface area contributed by atoms with E-state index < -0.39 is 29.7 Å². The molecule has 11 heteroatoms. The normalized spacial score (nSPS) is 15.9. The highest BCUT2D eigenvalue weighted by molar-refractivity contribution is 6.23. The monoisotopic (exact) mass is 732 g/mol. The molecule has 0 spiro atoms. The van der Waals surface area contributed by atoms with Crippen LogP contribution < -0.4 is 14.8 Å². The van der Waals surface area contributed by atoms with Crippen LogP contribution >= 0.6 is 0 Å². The summed E-state index contributed by atoms with van der Waals surface area (Å²) in [7, 11) is 0. The van der Waals surface area contributed by atoms with Crippen molar-refractivity contribution in [3.8, 4) is 17.2 Å². The van der Waals surface area contributed by atoms with Crippen LogP contribution in [0.1, 0.15) is 76.4 Å². The van der Waals surface area contributed by atoms with Crippen LogP contribution in [0.25, 0.3) is 11.1 Å². The zero-order valence-corrected chi connectivity index (χ0v) is 30.3. The molecule has 2 N–H and O–H groups in total. The minimum Gasteiger partial charge on any atom is -0.508 e. The van der Waals surface area contributed by atoms with Gasteiger partial charge in [0.15, 0.2) is 0 Å². The number of phenols is 1. The number of rotatable bonds is 18. The number of nitrogens with zero attached hydrogens (tertiary/aromatic N) is 1. The zero-order chi connectivity index (χ0) is 37.9. The molecule has 0 aliphatic carbocycles. The van der Waals surface area contributed by atoms with Gasteiger partial charge in [0.1, 0.15) is 29.9 Å². The lowest BCUT2D eigenvalue weighted by molar-refractivity contribution is -0.136. The molecule has 1 saturated heterocycles. The number of carbonyl (C=O) groups excluding carboxylic acids is 4. The topological polar surface area (TPSA) is 141 Å². The number of fused-ring (bicyclic) bond motifs is 1. The molecule has 2 aliphatic heterocycles. The van der Waals surface area contributed by atoms with Crippen LogP contribution in [0.15, 0.2) is 97.1 Å². The van der Waals surface area contributed by atoms with Crippen molar-refractivity contribution in [3.05, 3.63) is 125 Å². The van der Waals surface area contributed by atoms with Crippen LogP contribution in [-0.2, 0) is 19.1 Å². The second-order valence-electron chi connectivity index (χ2n) is 12.9. The minimum absolute atomic E-state index is 0.0684. The van der Waals surface area contributed by atoms with Crippen LogP contribution in [0.4, 0.5) is 0 Å². The van der Waals surface area contributed by atoms with Gasteiger partial charge in [0.2, 0.25) is 11.8 Å². The number of piperidine rings is 1. The van der Waals surface area contributed by atoms with Gasteiger partial charge in [-0.1, -0.05) is 61.5 Å². The SMILES string of the molecule is CC/C(=C(\c1ccc(O)cc1)c1ccc(OCCOCCCOCCCOc2ccc3c(c2)C(=O)N(C2CCC(=O)NC2=O)C3=O)cc1)c1ccccc1. The molecule has 4 aromatic carbocycles. The lowest BCUT2D eigenvalue weighted by Crippen LogP contribution is -2.54. The summed E-state index contributed by atoms with van der Waals surface area (Å²) in [6.07, 6.45) is 2.37. The highest BCUT2D eigenvalue weighted by atomic mass is 16.5. The number of carbonyl (C=O) groups is 4. The molecule has 0 aromatic heterocycles. The predicted molar refractivity (Wildman–Crippen MR) is 202 cm³/mol. The maximum atomic E-state index is 13.0. The van der Waals surface area contributed by atoms with Gasteiger partial charge in [0, 0.05) is 32.7 Å². The number of aromatic hydroxyl groups is 1. The molecule has 4 amide bonds. The first-order valence-electron chi connectivity index (χ1n) is 18.3. The third kappa shape index (κ3) is 9.22. The minimum atomic E-state index is -1.00. The first-order valence-corrected chi connectivity index (χ1v) is 18.3. The highest BCUT2D eigenvalue weighted by Crippen LogP contribution is 2.36. The summed E-state index contributed by atoms with van der Waals surface area (Å²) in [5.41, 5.74) is 5.98. The number of allylic oxidation sites excluding steroid dienone is 1. The van der Waals surface area contributed by atoms with Crippen molar-refractivity contribution in [2.45, 2.75) is 45.1 Å². The van der Waals surface area contributed by atoms with E-state index in [2.05, 4.69) is 36.5 Å². The quantitative estimate of drug-likeness (QED) is 0.0673. The third-order valence-electron chi connectivity index (χ3n) is 9.26. The van der Waals surface area contributed by atoms with Crippen LogP contribution in [-0.4, -0.2) is 79.3 Å². The Morgan fingerprint density at radius 3 is 1.98 bits per heavy atom. The zero-order valence-electron chi connectivity index (χ0n) is 30.3. The van der Waals surface area contributed by atoms with Gasteiger partial charge in [0.05, 0.1) is 24.3 Å². The van der Waals surface area contributed by atoms with Crippen molar-refractivity contribution in [3.63, 3.8) is 0 Å². The van der Waals surface area contributed by atoms with E-state index in [1.807, 2.05) is 42.5 Å². The molecular formula is C43H44N2O9. The molecule has 4 aromatic rings. The summed E-state index contributed by atoms with van der Waals surface area (Å²) in [6.45, 7) is 4.93. The van der Waals surface area contributed by atoms with Gasteiger partial charge in [-0.15, -0.1) is 0 Å². The van der Waals surface area contributed by atoms with E-state index in [9.17, 15) is 24.3 Å². The number of amides is 4. The van der Waals surface area contributed by atoms with Crippen molar-refractivity contribution < 1.29 is 43.2 Å². The Morgan fingerprint density at radius 2 is 1.30 bits per heavy atom. The molecule has 0 radical (unpaired) electrons. The number of benzene rings is 4. The summed E-state index contributed by atoms with van der Waals surface area (Å²) in [4.78, 5) is 50.5. The Hall–Kier alpha value is -5.78. The van der Waals surface area contributed by atoms with Crippen molar-refractivity contribution in [1.82, 2.24) is 10.2 Å². The summed E-state index contributed by atoms with van der Waals surface area (Å²) >= 11 is 0. The summed E-state index contributed by atoms with van der Waals surface area (Å²) in [5.74, 6) is -0.749. The van der Waals surface area contributed by atoms with Gasteiger partial charge in [-0.2, -0.15) is 0 Å². The molecular weight excluding hydrogens is 688 g/mol. The number of ether oxygens (including phenoxy) is 4. The molecule has 11 nitrogen and oxygen atoms in total. The Labute approximate surface area is 314 Å². The lowest BCUT2D eigenvalue weighted by Gasteiger charge is -2.27. The summed E-state index contributed by atoms with van der Waals surface area (Å²) < 4.78 is 23.1. The fourth-order valence-electron chi connectivity index (χ4n) is 6.60. The lowest BCUT2D eigenvalue weighted by atomic mass is 9.88. The molecule has 0 bridgehead atoms. The molecule has 2 aliphatic rings. The average molecular weight is 733 g/mol. The van der Waals surface area contributed by atoms with Crippen molar-refractivity contribution in [2.75, 3.05) is 39.6 Å². The van der Waals surface area contributed by atoms with E-state index in [1.165, 1.54) is 17.7 Å². The van der Waals surface area contributed by atoms with Gasteiger partial charge in [-0.3, -0.25) is 29.4 Å². The van der Waals surface area contributed by atoms with E-state index in [1.54, 1.807) is 18.2 Å². The maximum Gasteiger partial charge on any atom is 0.262 e. The summed E-state index contributed by atoms with van der Waals surface area (Å²) in [5, 5.41) is 12.1. The standard InChI is InChI=1S/C43H44N2O9/c1-2-35(29-8-4-3-5-9-29)40(30-10-14-32(46)15-11-30)31-12-16-33(17-13-31)54-27-26-52-23-6-22-51-24-7-25-53-34-18-19-36-37(28-34)43(50)45(42(36)49)38-20-21-39(47)44-41(38)48/h3-5,8-19,28,38,46H,2,6-7,20-27H2,1H3,(H,44,47,48)/b40-35-. The van der Waals surface area contributed by atoms with Crippen molar-refractivity contribution in [1.29, 1.82) is 0 Å². The Bertz CT molecular complexity index is 1970. The van der Waals surface area contributed by atoms with E-state index >= 15 is 0 Å². The molecule has 6 rings (SSSR count). The number of hydrogen-bond acceptors (Lipinski definition) is 9. The van der Waals surface area contributed by atoms with Gasteiger partial charge < -0.3 is 24.1 Å². The molecule has 1 fully saturated rings. The smallest absolute Gasteiger partial charge is 0.262 e. The van der Waals surface area contributed by atoms with Gasteiger partial charge >= 0.3 is 0 Å². The number of nitrogens with one attached hydrogen (secondary N) is 1. The first kappa shape index (κ1) is 38.0. The van der Waals surface area contributed by atoms with E-state index in [-0.39, 0.29) is 29.7 Å². The molecule has 2 heterocycles. The fourth-order valence-corrected chi connectivity index (χ4v) is 6.60. The number of imide groups is 2. The predicted octanol–water partition coefficient (Wildman–Crippen LogP) is 6.43. The van der Waals surface area contributed by atoms with Gasteiger partial charge in [-0.05, 0) is 89.6 Å². The maximum absolute atomic E-state index is 13.0. The van der Waals surface area contributed by atoms with Crippen molar-refractivity contribution in [2.24, 2.45) is 0 Å². The Kier molecular flexibility index (Phi) is 12.9. The van der Waals surface area contributed by atoms with Crippen LogP contribution in [0.5, 0.6) is 17.2 Å². The van der Waals surface area contributed by atoms with Crippen LogP contribution in [0, 0.1) is 0 Å². The average Bonchev–Trinajstić information content (AvgIpc) is 3.43. The van der Waals surface area contributed by atoms with E-state index in [0.717, 1.165) is 45.8 Å². The van der Waals surface area contributed by atoms with E-state index in [4.69, 9.17) is 18.9 Å². The van der Waals surface area contributed by atoms with Gasteiger partial charge in [-0.25, -0.2) is 0 Å². The van der Waals surface area contributed by atoms with E-state index in [0.29, 0.717) is 51.8 Å². The highest BCUT2D eigenvalue weighted by Gasteiger charge is 2.44. The second kappa shape index (κ2) is 18.3. The third-order valence-corrected chi connectivity index (χ3v) is 9.26. The molecule has 280 valence electrons. The van der Waals surface area contributed by atoms with Gasteiger partial charge in [0.25, 0.3) is 11.8 Å². The molecule has 1 unspecified atom stereocenters. The first-order chi connectivity index (χ1) is 26.3.